The molecular weight excluding hydrogens is 1380 g/mol. The minimum absolute atomic E-state index is 0.715. The molecular formula is C96H59BrN6S2. The van der Waals surface area contributed by atoms with Crippen molar-refractivity contribution in [2.45, 2.75) is 0 Å². The Balaban J connectivity index is 0.000000116. The van der Waals surface area contributed by atoms with Gasteiger partial charge in [-0.1, -0.05) is 295 Å². The second kappa shape index (κ2) is 25.9. The lowest BCUT2D eigenvalue weighted by Gasteiger charge is -2.13. The maximum absolute atomic E-state index is 5.22. The van der Waals surface area contributed by atoms with E-state index in [1.807, 2.05) is 83.3 Å². The van der Waals surface area contributed by atoms with Crippen molar-refractivity contribution in [3.63, 3.8) is 0 Å². The molecule has 0 atom stereocenters. The van der Waals surface area contributed by atoms with Crippen molar-refractivity contribution in [2.75, 3.05) is 0 Å². The van der Waals surface area contributed by atoms with Gasteiger partial charge in [-0.2, -0.15) is 0 Å². The van der Waals surface area contributed by atoms with Crippen molar-refractivity contribution < 1.29 is 0 Å². The second-order valence-electron chi connectivity index (χ2n) is 26.5. The number of nitrogens with one attached hydrogen (secondary N) is 1. The van der Waals surface area contributed by atoms with Crippen LogP contribution < -0.4 is 0 Å². The second-order valence-corrected chi connectivity index (χ2v) is 29.5. The van der Waals surface area contributed by atoms with E-state index in [0.29, 0.717) is 5.82 Å². The summed E-state index contributed by atoms with van der Waals surface area (Å²) in [4.78, 5) is 23.7. The first-order valence-electron chi connectivity index (χ1n) is 35.2. The van der Waals surface area contributed by atoms with Crippen LogP contribution >= 0.6 is 38.6 Å². The first-order chi connectivity index (χ1) is 52.0. The van der Waals surface area contributed by atoms with Crippen LogP contribution in [0.5, 0.6) is 0 Å². The Hall–Kier alpha value is -12.8. The smallest absolute Gasteiger partial charge is 0.160 e. The maximum Gasteiger partial charge on any atom is 0.160 e. The summed E-state index contributed by atoms with van der Waals surface area (Å²) in [6.45, 7) is 0. The first-order valence-corrected chi connectivity index (χ1v) is 37.6. The molecule has 22 aromatic rings. The molecule has 0 spiro atoms. The van der Waals surface area contributed by atoms with Crippen molar-refractivity contribution in [3.05, 3.63) is 356 Å². The van der Waals surface area contributed by atoms with E-state index in [0.717, 1.165) is 71.4 Å². The first kappa shape index (κ1) is 62.1. The Morgan fingerprint density at radius 2 is 0.648 bits per heavy atom. The number of halogens is 1. The highest BCUT2D eigenvalue weighted by Crippen LogP contribution is 2.50. The Kier molecular flexibility index (Phi) is 15.3. The fourth-order valence-electron chi connectivity index (χ4n) is 15.5. The normalized spacial score (nSPS) is 11.7. The summed E-state index contributed by atoms with van der Waals surface area (Å²) < 4.78 is 8.90. The molecule has 6 nitrogen and oxygen atoms in total. The lowest BCUT2D eigenvalue weighted by molar-refractivity contribution is 1.18. The standard InChI is InChI=1S/C48H29N3S.C26H17BrN2.C22H13NS/c1-2-12-30(13-3-1)31-22-24-32(25-23-31)45-37-16-6-9-19-40(37)49-48(50-45)33-26-28-34(29-27-33)51-41-20-10-7-17-38(41)44-46(51)36-15-5-4-14-35(36)43-39-18-8-11-21-42(39)52-47(43)44;27-22-16-14-21(15-17-22)26-28-24-9-5-4-8-23(24)25(29-26)20-12-10-19(11-13-20)18-6-2-1-3-7-18;1-2-8-14-13(7-1)19-16-10-4-6-12-18(16)24-22(19)20-15-9-3-5-11-17(15)23-21(14)20/h1-29H;1-17H;1-12,23H. The summed E-state index contributed by atoms with van der Waals surface area (Å²) in [7, 11) is 0. The van der Waals surface area contributed by atoms with Crippen molar-refractivity contribution in [1.29, 1.82) is 0 Å². The Morgan fingerprint density at radius 3 is 1.19 bits per heavy atom. The van der Waals surface area contributed by atoms with Gasteiger partial charge in [0.25, 0.3) is 0 Å². The molecule has 0 saturated heterocycles. The summed E-state index contributed by atoms with van der Waals surface area (Å²) in [6.07, 6.45) is 0. The number of rotatable bonds is 7. The molecule has 1 N–H and O–H groups in total. The molecule has 9 heteroatoms. The van der Waals surface area contributed by atoms with Gasteiger partial charge >= 0.3 is 0 Å². The molecule has 0 aliphatic rings. The molecule has 0 amide bonds. The maximum atomic E-state index is 5.22. The molecule has 0 bridgehead atoms. The molecule has 0 saturated carbocycles. The number of thiophene rings is 2. The predicted octanol–water partition coefficient (Wildman–Crippen LogP) is 27.5. The highest BCUT2D eigenvalue weighted by molar-refractivity contribution is 9.10. The highest BCUT2D eigenvalue weighted by atomic mass is 79.9. The van der Waals surface area contributed by atoms with Crippen molar-refractivity contribution >= 4 is 166 Å². The van der Waals surface area contributed by atoms with E-state index in [1.165, 1.54) is 128 Å². The number of hydrogen-bond donors (Lipinski definition) is 1. The van der Waals surface area contributed by atoms with E-state index in [-0.39, 0.29) is 0 Å². The minimum Gasteiger partial charge on any atom is -0.354 e. The molecule has 6 heterocycles. The van der Waals surface area contributed by atoms with E-state index in [2.05, 4.69) is 317 Å². The lowest BCUT2D eigenvalue weighted by Crippen LogP contribution is -1.97. The molecule has 0 fully saturated rings. The van der Waals surface area contributed by atoms with Gasteiger partial charge in [-0.15, -0.1) is 22.7 Å². The molecule has 492 valence electrons. The molecule has 105 heavy (non-hydrogen) atoms. The van der Waals surface area contributed by atoms with Crippen LogP contribution in [0.15, 0.2) is 356 Å². The van der Waals surface area contributed by atoms with Gasteiger partial charge in [-0.25, -0.2) is 19.9 Å². The fourth-order valence-corrected chi connectivity index (χ4v) is 18.3. The number of aromatic amines is 1. The minimum atomic E-state index is 0.715. The Bertz CT molecular complexity index is 7130. The molecule has 22 rings (SSSR count). The van der Waals surface area contributed by atoms with Gasteiger partial charge in [0.05, 0.1) is 39.0 Å². The molecule has 16 aromatic carbocycles. The fraction of sp³-hybridized carbons (Fsp3) is 0. The van der Waals surface area contributed by atoms with Crippen LogP contribution in [0.2, 0.25) is 0 Å². The molecule has 0 unspecified atom stereocenters. The topological polar surface area (TPSA) is 72.3 Å². The van der Waals surface area contributed by atoms with Crippen LogP contribution in [-0.2, 0) is 0 Å². The highest BCUT2D eigenvalue weighted by Gasteiger charge is 2.23. The summed E-state index contributed by atoms with van der Waals surface area (Å²) >= 11 is 7.30. The Morgan fingerprint density at radius 1 is 0.267 bits per heavy atom. The van der Waals surface area contributed by atoms with Gasteiger partial charge < -0.3 is 9.55 Å². The molecule has 6 aromatic heterocycles. The third-order valence-electron chi connectivity index (χ3n) is 20.4. The third kappa shape index (κ3) is 10.8. The zero-order valence-corrected chi connectivity index (χ0v) is 59.6. The number of nitrogens with zero attached hydrogens (tertiary/aromatic N) is 5. The average Bonchev–Trinajstić information content (AvgIpc) is 1.55. The average molecular weight is 1440 g/mol. The van der Waals surface area contributed by atoms with Gasteiger partial charge in [0, 0.05) is 121 Å². The number of H-pyrrole nitrogens is 1. The summed E-state index contributed by atoms with van der Waals surface area (Å²) in [5, 5.41) is 18.0. The number of para-hydroxylation sites is 4. The predicted molar refractivity (Wildman–Crippen MR) is 450 cm³/mol. The number of hydrogen-bond acceptors (Lipinski definition) is 6. The van der Waals surface area contributed by atoms with E-state index in [4.69, 9.17) is 19.9 Å². The van der Waals surface area contributed by atoms with Crippen LogP contribution in [0.25, 0.3) is 201 Å². The summed E-state index contributed by atoms with van der Waals surface area (Å²) in [5.41, 5.74) is 18.7. The zero-order chi connectivity index (χ0) is 69.5. The quantitative estimate of drug-likeness (QED) is 0.173. The zero-order valence-electron chi connectivity index (χ0n) is 56.4. The third-order valence-corrected chi connectivity index (χ3v) is 23.3. The number of benzene rings is 16. The summed E-state index contributed by atoms with van der Waals surface area (Å²) in [6, 6.07) is 124. The Labute approximate surface area is 620 Å². The van der Waals surface area contributed by atoms with Crippen molar-refractivity contribution in [3.8, 4) is 73.2 Å². The van der Waals surface area contributed by atoms with Crippen LogP contribution in [0.1, 0.15) is 0 Å². The van der Waals surface area contributed by atoms with Crippen molar-refractivity contribution in [1.82, 2.24) is 29.5 Å². The molecule has 0 aliphatic carbocycles. The molecule has 0 radical (unpaired) electrons. The van der Waals surface area contributed by atoms with E-state index < -0.39 is 0 Å². The van der Waals surface area contributed by atoms with Crippen LogP contribution in [0.4, 0.5) is 0 Å². The van der Waals surface area contributed by atoms with Gasteiger partial charge in [0.15, 0.2) is 11.6 Å². The molecule has 0 aliphatic heterocycles. The summed E-state index contributed by atoms with van der Waals surface area (Å²) in [5.74, 6) is 1.45. The number of fused-ring (bicyclic) bond motifs is 22. The van der Waals surface area contributed by atoms with Gasteiger partial charge in [-0.05, 0) is 106 Å². The van der Waals surface area contributed by atoms with E-state index in [9.17, 15) is 0 Å². The van der Waals surface area contributed by atoms with Crippen LogP contribution in [0.3, 0.4) is 0 Å². The monoisotopic (exact) mass is 1440 g/mol. The SMILES string of the molecule is Brc1ccc(-c2nc(-c3ccc(-c4ccccc4)cc3)c3ccccc3n2)cc1.c1ccc(-c2ccc(-c3nc(-c4ccc(-n5c6ccccc6c6c7sc8ccccc8c7c7ccccc7c65)cc4)nc4ccccc34)cc2)cc1.c1ccc2c(c1)[nH]c1c3ccccc3c3c4ccccc4sc3c21. The van der Waals surface area contributed by atoms with E-state index >= 15 is 0 Å². The van der Waals surface area contributed by atoms with Crippen LogP contribution in [0, 0.1) is 0 Å². The van der Waals surface area contributed by atoms with Crippen LogP contribution in [-0.4, -0.2) is 29.5 Å². The lowest BCUT2D eigenvalue weighted by atomic mass is 9.99. The van der Waals surface area contributed by atoms with Gasteiger partial charge in [0.1, 0.15) is 0 Å². The van der Waals surface area contributed by atoms with E-state index in [1.54, 1.807) is 0 Å². The largest absolute Gasteiger partial charge is 0.354 e. The van der Waals surface area contributed by atoms with Crippen molar-refractivity contribution in [2.24, 2.45) is 0 Å². The van der Waals surface area contributed by atoms with Gasteiger partial charge in [-0.3, -0.25) is 0 Å². The van der Waals surface area contributed by atoms with Gasteiger partial charge in [0.2, 0.25) is 0 Å². The number of aromatic nitrogens is 6.